The molecule has 0 aromatic heterocycles. The maximum Gasteiger partial charge on any atom is 0.321 e. The van der Waals surface area contributed by atoms with Crippen molar-refractivity contribution in [1.82, 2.24) is 4.90 Å². The van der Waals surface area contributed by atoms with Crippen molar-refractivity contribution in [2.45, 2.75) is 19.8 Å². The largest absolute Gasteiger partial charge is 0.372 e. The van der Waals surface area contributed by atoms with Crippen LogP contribution >= 0.6 is 0 Å². The average molecular weight is 364 g/mol. The molecule has 4 rings (SSSR count). The number of aryl methyl sites for hydroxylation is 1. The summed E-state index contributed by atoms with van der Waals surface area (Å²) in [5.74, 6) is 0. The fraction of sp³-hybridized carbons (Fsp3) is 0.409. The number of carbonyl (C=O) groups excluding carboxylic acids is 1. The maximum atomic E-state index is 12.6. The highest BCUT2D eigenvalue weighted by molar-refractivity contribution is 5.89. The van der Waals surface area contributed by atoms with Gasteiger partial charge < -0.3 is 20.0 Å². The molecule has 142 valence electrons. The van der Waals surface area contributed by atoms with E-state index in [0.717, 1.165) is 45.0 Å². The van der Waals surface area contributed by atoms with Crippen LogP contribution in [0.2, 0.25) is 0 Å². The zero-order chi connectivity index (χ0) is 18.6. The lowest BCUT2D eigenvalue weighted by molar-refractivity contribution is 0.208. The number of nitrogens with one attached hydrogen (secondary N) is 1. The van der Waals surface area contributed by atoms with Gasteiger partial charge in [0, 0.05) is 56.3 Å². The van der Waals surface area contributed by atoms with Crippen LogP contribution in [0.5, 0.6) is 0 Å². The molecular formula is C22H28N4O. The molecule has 5 nitrogen and oxygen atoms in total. The molecular weight excluding hydrogens is 336 g/mol. The van der Waals surface area contributed by atoms with Gasteiger partial charge in [0.05, 0.1) is 0 Å². The molecule has 2 fully saturated rings. The van der Waals surface area contributed by atoms with E-state index in [9.17, 15) is 4.79 Å². The molecule has 0 aliphatic carbocycles. The van der Waals surface area contributed by atoms with Crippen molar-refractivity contribution in [2.75, 3.05) is 54.4 Å². The Hall–Kier alpha value is -2.69. The zero-order valence-corrected chi connectivity index (χ0v) is 16.0. The summed E-state index contributed by atoms with van der Waals surface area (Å²) in [5, 5.41) is 3.04. The molecule has 0 bridgehead atoms. The second kappa shape index (κ2) is 7.91. The number of carbonyl (C=O) groups is 1. The van der Waals surface area contributed by atoms with Gasteiger partial charge in [0.2, 0.25) is 0 Å². The summed E-state index contributed by atoms with van der Waals surface area (Å²) in [7, 11) is 0. The molecule has 2 aliphatic heterocycles. The van der Waals surface area contributed by atoms with Crippen molar-refractivity contribution < 1.29 is 4.79 Å². The predicted molar refractivity (Wildman–Crippen MR) is 112 cm³/mol. The van der Waals surface area contributed by atoms with Crippen molar-refractivity contribution in [3.8, 4) is 0 Å². The number of rotatable bonds is 3. The Labute approximate surface area is 161 Å². The highest BCUT2D eigenvalue weighted by Crippen LogP contribution is 2.22. The predicted octanol–water partition coefficient (Wildman–Crippen LogP) is 3.95. The van der Waals surface area contributed by atoms with Gasteiger partial charge in [0.1, 0.15) is 0 Å². The van der Waals surface area contributed by atoms with E-state index in [1.807, 2.05) is 17.0 Å². The number of hydrogen-bond donors (Lipinski definition) is 1. The third-order valence-electron chi connectivity index (χ3n) is 5.56. The normalized spacial score (nSPS) is 17.3. The van der Waals surface area contributed by atoms with Gasteiger partial charge in [-0.05, 0) is 56.2 Å². The Balaban J connectivity index is 1.29. The first kappa shape index (κ1) is 17.7. The topological polar surface area (TPSA) is 38.8 Å². The fourth-order valence-corrected chi connectivity index (χ4v) is 3.86. The summed E-state index contributed by atoms with van der Waals surface area (Å²) in [6, 6.07) is 16.8. The van der Waals surface area contributed by atoms with E-state index in [2.05, 4.69) is 58.4 Å². The van der Waals surface area contributed by atoms with Gasteiger partial charge in [-0.15, -0.1) is 0 Å². The van der Waals surface area contributed by atoms with Crippen LogP contribution in [0, 0.1) is 6.92 Å². The maximum absolute atomic E-state index is 12.6. The van der Waals surface area contributed by atoms with Crippen LogP contribution in [0.1, 0.15) is 18.4 Å². The van der Waals surface area contributed by atoms with E-state index >= 15 is 0 Å². The number of hydrogen-bond acceptors (Lipinski definition) is 3. The van der Waals surface area contributed by atoms with Crippen molar-refractivity contribution in [2.24, 2.45) is 0 Å². The van der Waals surface area contributed by atoms with Crippen molar-refractivity contribution in [3.63, 3.8) is 0 Å². The molecule has 0 radical (unpaired) electrons. The number of urea groups is 1. The van der Waals surface area contributed by atoms with Crippen LogP contribution in [-0.2, 0) is 0 Å². The van der Waals surface area contributed by atoms with E-state index in [-0.39, 0.29) is 6.03 Å². The minimum atomic E-state index is -0.00696. The van der Waals surface area contributed by atoms with Gasteiger partial charge in [-0.2, -0.15) is 0 Å². The fourth-order valence-electron chi connectivity index (χ4n) is 3.86. The first-order valence-corrected chi connectivity index (χ1v) is 9.92. The molecule has 2 aliphatic rings. The van der Waals surface area contributed by atoms with Crippen LogP contribution in [0.25, 0.3) is 0 Å². The lowest BCUT2D eigenvalue weighted by atomic mass is 10.2. The quantitative estimate of drug-likeness (QED) is 0.896. The third kappa shape index (κ3) is 4.18. The van der Waals surface area contributed by atoms with Gasteiger partial charge >= 0.3 is 6.03 Å². The van der Waals surface area contributed by atoms with E-state index in [4.69, 9.17) is 0 Å². The molecule has 2 aromatic rings. The third-order valence-corrected chi connectivity index (χ3v) is 5.56. The highest BCUT2D eigenvalue weighted by Gasteiger charge is 2.21. The summed E-state index contributed by atoms with van der Waals surface area (Å²) in [4.78, 5) is 19.2. The minimum Gasteiger partial charge on any atom is -0.372 e. The zero-order valence-electron chi connectivity index (χ0n) is 16.0. The molecule has 1 N–H and O–H groups in total. The highest BCUT2D eigenvalue weighted by atomic mass is 16.2. The van der Waals surface area contributed by atoms with Crippen molar-refractivity contribution >= 4 is 23.1 Å². The molecule has 2 amide bonds. The standard InChI is InChI=1S/C22H28N4O/c1-18-4-8-20(9-5-18)25-14-16-26(17-15-25)22(27)23-19-6-10-21(11-7-19)24-12-2-3-13-24/h4-11H,2-3,12-17H2,1H3,(H,23,27). The number of piperazine rings is 1. The number of amides is 2. The summed E-state index contributed by atoms with van der Waals surface area (Å²) < 4.78 is 0. The van der Waals surface area contributed by atoms with Crippen LogP contribution in [0.15, 0.2) is 48.5 Å². The Kier molecular flexibility index (Phi) is 5.19. The molecule has 2 aromatic carbocycles. The van der Waals surface area contributed by atoms with Crippen molar-refractivity contribution in [1.29, 1.82) is 0 Å². The van der Waals surface area contributed by atoms with E-state index < -0.39 is 0 Å². The monoisotopic (exact) mass is 364 g/mol. The van der Waals surface area contributed by atoms with E-state index in [1.165, 1.54) is 29.8 Å². The molecule has 0 unspecified atom stereocenters. The van der Waals surface area contributed by atoms with Gasteiger partial charge in [0.15, 0.2) is 0 Å². The second-order valence-corrected chi connectivity index (χ2v) is 7.48. The van der Waals surface area contributed by atoms with Gasteiger partial charge in [0.25, 0.3) is 0 Å². The molecule has 5 heteroatoms. The lowest BCUT2D eigenvalue weighted by Crippen LogP contribution is -2.50. The molecule has 0 atom stereocenters. The Morgan fingerprint density at radius 1 is 0.741 bits per heavy atom. The first-order chi connectivity index (χ1) is 13.2. The average Bonchev–Trinajstić information content (AvgIpc) is 3.24. The summed E-state index contributed by atoms with van der Waals surface area (Å²) in [5.41, 5.74) is 4.62. The minimum absolute atomic E-state index is 0.00696. The molecule has 2 heterocycles. The first-order valence-electron chi connectivity index (χ1n) is 9.92. The van der Waals surface area contributed by atoms with Gasteiger partial charge in [-0.25, -0.2) is 4.79 Å². The van der Waals surface area contributed by atoms with Gasteiger partial charge in [-0.3, -0.25) is 0 Å². The van der Waals surface area contributed by atoms with Crippen LogP contribution in [0.3, 0.4) is 0 Å². The summed E-state index contributed by atoms with van der Waals surface area (Å²) in [6.45, 7) is 7.59. The summed E-state index contributed by atoms with van der Waals surface area (Å²) in [6.07, 6.45) is 2.54. The second-order valence-electron chi connectivity index (χ2n) is 7.48. The lowest BCUT2D eigenvalue weighted by Gasteiger charge is -2.36. The van der Waals surface area contributed by atoms with Gasteiger partial charge in [-0.1, -0.05) is 17.7 Å². The molecule has 0 saturated carbocycles. The Morgan fingerprint density at radius 2 is 1.26 bits per heavy atom. The van der Waals surface area contributed by atoms with Crippen LogP contribution in [-0.4, -0.2) is 50.2 Å². The number of anilines is 3. The molecule has 0 spiro atoms. The Bertz CT molecular complexity index is 758. The van der Waals surface area contributed by atoms with Crippen molar-refractivity contribution in [3.05, 3.63) is 54.1 Å². The number of benzene rings is 2. The summed E-state index contributed by atoms with van der Waals surface area (Å²) >= 11 is 0. The Morgan fingerprint density at radius 3 is 1.85 bits per heavy atom. The number of nitrogens with zero attached hydrogens (tertiary/aromatic N) is 3. The van der Waals surface area contributed by atoms with Crippen LogP contribution < -0.4 is 15.1 Å². The SMILES string of the molecule is Cc1ccc(N2CCN(C(=O)Nc3ccc(N4CCCC4)cc3)CC2)cc1. The molecule has 2 saturated heterocycles. The van der Waals surface area contributed by atoms with E-state index in [1.54, 1.807) is 0 Å². The molecule has 27 heavy (non-hydrogen) atoms. The smallest absolute Gasteiger partial charge is 0.321 e. The van der Waals surface area contributed by atoms with E-state index in [0.29, 0.717) is 0 Å². The van der Waals surface area contributed by atoms with Crippen LogP contribution in [0.4, 0.5) is 21.9 Å².